The van der Waals surface area contributed by atoms with Gasteiger partial charge in [-0.3, -0.25) is 9.38 Å². The van der Waals surface area contributed by atoms with E-state index in [1.807, 2.05) is 77.3 Å². The fourth-order valence-corrected chi connectivity index (χ4v) is 4.19. The highest BCUT2D eigenvalue weighted by Crippen LogP contribution is 2.32. The van der Waals surface area contributed by atoms with Gasteiger partial charge in [0.25, 0.3) is 0 Å². The van der Waals surface area contributed by atoms with Crippen molar-refractivity contribution in [3.8, 4) is 22.5 Å². The standard InChI is InChI=1S/C24H20N6O2S/c25-33(31,32)20-13-19(15-26-16-20)24-29-28-23(27-14-17-7-3-1-4-8-17)22-21(11-12-30(22)24)18-9-5-2-6-10-18/h1-13,15-16H,14H2,(H,27,28)(H2,25,31,32). The third kappa shape index (κ3) is 4.19. The largest absolute Gasteiger partial charge is 0.363 e. The Balaban J connectivity index is 1.67. The molecule has 0 radical (unpaired) electrons. The number of rotatable bonds is 6. The molecule has 0 saturated heterocycles. The summed E-state index contributed by atoms with van der Waals surface area (Å²) in [6.07, 6.45) is 4.64. The van der Waals surface area contributed by atoms with Crippen LogP contribution in [0.5, 0.6) is 0 Å². The molecule has 0 spiro atoms. The molecule has 0 fully saturated rings. The third-order valence-corrected chi connectivity index (χ3v) is 6.15. The van der Waals surface area contributed by atoms with Crippen molar-refractivity contribution in [2.45, 2.75) is 11.4 Å². The van der Waals surface area contributed by atoms with E-state index in [1.165, 1.54) is 18.5 Å². The lowest BCUT2D eigenvalue weighted by Crippen LogP contribution is -2.13. The summed E-state index contributed by atoms with van der Waals surface area (Å²) >= 11 is 0. The number of pyridine rings is 1. The van der Waals surface area contributed by atoms with Gasteiger partial charge in [-0.1, -0.05) is 60.7 Å². The molecule has 3 N–H and O–H groups in total. The van der Waals surface area contributed by atoms with Gasteiger partial charge in [-0.25, -0.2) is 13.6 Å². The molecule has 5 rings (SSSR count). The second-order valence-corrected chi connectivity index (χ2v) is 9.04. The number of nitrogens with two attached hydrogens (primary N) is 1. The van der Waals surface area contributed by atoms with Gasteiger partial charge in [-0.2, -0.15) is 0 Å². The highest BCUT2D eigenvalue weighted by atomic mass is 32.2. The van der Waals surface area contributed by atoms with Crippen molar-refractivity contribution in [1.82, 2.24) is 19.6 Å². The second kappa shape index (κ2) is 8.45. The molecule has 0 aliphatic rings. The van der Waals surface area contributed by atoms with Crippen LogP contribution in [-0.2, 0) is 16.6 Å². The first-order chi connectivity index (χ1) is 16.0. The third-order valence-electron chi connectivity index (χ3n) is 5.27. The first-order valence-electron chi connectivity index (χ1n) is 10.2. The molecule has 2 aromatic carbocycles. The molecule has 5 aromatic rings. The number of hydrogen-bond donors (Lipinski definition) is 2. The number of aromatic nitrogens is 4. The number of benzene rings is 2. The monoisotopic (exact) mass is 456 g/mol. The molecule has 3 aromatic heterocycles. The Morgan fingerprint density at radius 1 is 0.879 bits per heavy atom. The molecule has 3 heterocycles. The fourth-order valence-electron chi connectivity index (χ4n) is 3.69. The Bertz CT molecular complexity index is 1530. The maximum Gasteiger partial charge on any atom is 0.239 e. The zero-order valence-corrected chi connectivity index (χ0v) is 18.3. The van der Waals surface area contributed by atoms with E-state index in [2.05, 4.69) is 20.5 Å². The summed E-state index contributed by atoms with van der Waals surface area (Å²) in [5.41, 5.74) is 4.42. The molecular formula is C24H20N6O2S. The molecule has 8 nitrogen and oxygen atoms in total. The quantitative estimate of drug-likeness (QED) is 0.402. The summed E-state index contributed by atoms with van der Waals surface area (Å²) in [6, 6.07) is 23.4. The van der Waals surface area contributed by atoms with Crippen LogP contribution in [0.3, 0.4) is 0 Å². The molecule has 164 valence electrons. The predicted molar refractivity (Wildman–Crippen MR) is 127 cm³/mol. The highest BCUT2D eigenvalue weighted by molar-refractivity contribution is 7.89. The molecular weight excluding hydrogens is 436 g/mol. The smallest absolute Gasteiger partial charge is 0.239 e. The SMILES string of the molecule is NS(=O)(=O)c1cncc(-c2nnc(NCc3ccccc3)c3c(-c4ccccc4)ccn23)c1. The molecule has 0 atom stereocenters. The average Bonchev–Trinajstić information content (AvgIpc) is 3.29. The molecule has 0 aliphatic heterocycles. The van der Waals surface area contributed by atoms with Crippen LogP contribution < -0.4 is 10.5 Å². The fraction of sp³-hybridized carbons (Fsp3) is 0.0417. The maximum atomic E-state index is 11.8. The van der Waals surface area contributed by atoms with Crippen molar-refractivity contribution in [1.29, 1.82) is 0 Å². The summed E-state index contributed by atoms with van der Waals surface area (Å²) in [5, 5.41) is 17.5. The molecule has 0 amide bonds. The number of hydrogen-bond acceptors (Lipinski definition) is 6. The Morgan fingerprint density at radius 2 is 1.61 bits per heavy atom. The van der Waals surface area contributed by atoms with Gasteiger partial charge >= 0.3 is 0 Å². The molecule has 0 bridgehead atoms. The number of nitrogens with zero attached hydrogens (tertiary/aromatic N) is 4. The lowest BCUT2D eigenvalue weighted by atomic mass is 10.1. The van der Waals surface area contributed by atoms with Crippen molar-refractivity contribution >= 4 is 21.4 Å². The predicted octanol–water partition coefficient (Wildman–Crippen LogP) is 3.72. The van der Waals surface area contributed by atoms with Crippen molar-refractivity contribution in [2.75, 3.05) is 5.32 Å². The molecule has 33 heavy (non-hydrogen) atoms. The number of anilines is 1. The Hall–Kier alpha value is -4.08. The van der Waals surface area contributed by atoms with Gasteiger partial charge in [0.05, 0.1) is 5.52 Å². The summed E-state index contributed by atoms with van der Waals surface area (Å²) in [4.78, 5) is 3.96. The van der Waals surface area contributed by atoms with Crippen LogP contribution in [0, 0.1) is 0 Å². The second-order valence-electron chi connectivity index (χ2n) is 7.48. The van der Waals surface area contributed by atoms with Gasteiger partial charge < -0.3 is 5.32 Å². The van der Waals surface area contributed by atoms with Crippen molar-refractivity contribution < 1.29 is 8.42 Å². The Morgan fingerprint density at radius 3 is 2.33 bits per heavy atom. The normalized spacial score (nSPS) is 11.5. The van der Waals surface area contributed by atoms with Crippen LogP contribution in [0.2, 0.25) is 0 Å². The van der Waals surface area contributed by atoms with Crippen LogP contribution in [0.25, 0.3) is 28.0 Å². The lowest BCUT2D eigenvalue weighted by Gasteiger charge is -2.12. The van der Waals surface area contributed by atoms with Crippen LogP contribution in [-0.4, -0.2) is 28.0 Å². The molecule has 0 aliphatic carbocycles. The van der Waals surface area contributed by atoms with E-state index in [4.69, 9.17) is 5.14 Å². The van der Waals surface area contributed by atoms with Crippen LogP contribution in [0.4, 0.5) is 5.82 Å². The highest BCUT2D eigenvalue weighted by Gasteiger charge is 2.18. The van der Waals surface area contributed by atoms with Crippen LogP contribution in [0.1, 0.15) is 5.56 Å². The van der Waals surface area contributed by atoms with E-state index >= 15 is 0 Å². The average molecular weight is 457 g/mol. The molecule has 0 saturated carbocycles. The van der Waals surface area contributed by atoms with Gasteiger partial charge in [0, 0.05) is 36.3 Å². The van der Waals surface area contributed by atoms with Crippen LogP contribution in [0.15, 0.2) is 96.3 Å². The summed E-state index contributed by atoms with van der Waals surface area (Å²) in [5.74, 6) is 1.07. The topological polar surface area (TPSA) is 115 Å². The number of nitrogens with one attached hydrogen (secondary N) is 1. The Labute approximate surface area is 190 Å². The molecule has 0 unspecified atom stereocenters. The minimum Gasteiger partial charge on any atom is -0.363 e. The minimum atomic E-state index is -3.90. The zero-order chi connectivity index (χ0) is 22.8. The van der Waals surface area contributed by atoms with Gasteiger partial charge in [-0.05, 0) is 23.3 Å². The van der Waals surface area contributed by atoms with Crippen molar-refractivity contribution in [2.24, 2.45) is 5.14 Å². The maximum absolute atomic E-state index is 11.8. The number of primary sulfonamides is 1. The number of fused-ring (bicyclic) bond motifs is 1. The summed E-state index contributed by atoms with van der Waals surface area (Å²) in [7, 11) is -3.90. The van der Waals surface area contributed by atoms with Gasteiger partial charge in [0.15, 0.2) is 11.6 Å². The number of sulfonamides is 1. The van der Waals surface area contributed by atoms with E-state index < -0.39 is 10.0 Å². The van der Waals surface area contributed by atoms with E-state index in [9.17, 15) is 8.42 Å². The van der Waals surface area contributed by atoms with Crippen molar-refractivity contribution in [3.63, 3.8) is 0 Å². The van der Waals surface area contributed by atoms with Gasteiger partial charge in [-0.15, -0.1) is 10.2 Å². The first kappa shape index (κ1) is 20.8. The minimum absolute atomic E-state index is 0.0864. The molecule has 9 heteroatoms. The lowest BCUT2D eigenvalue weighted by molar-refractivity contribution is 0.597. The van der Waals surface area contributed by atoms with E-state index in [0.29, 0.717) is 23.8 Å². The van der Waals surface area contributed by atoms with Crippen molar-refractivity contribution in [3.05, 3.63) is 97.0 Å². The van der Waals surface area contributed by atoms with E-state index in [0.717, 1.165) is 22.2 Å². The zero-order valence-electron chi connectivity index (χ0n) is 17.5. The van der Waals surface area contributed by atoms with Gasteiger partial charge in [0.2, 0.25) is 10.0 Å². The summed E-state index contributed by atoms with van der Waals surface area (Å²) < 4.78 is 25.5. The Kier molecular flexibility index (Phi) is 5.33. The van der Waals surface area contributed by atoms with E-state index in [1.54, 1.807) is 0 Å². The summed E-state index contributed by atoms with van der Waals surface area (Å²) in [6.45, 7) is 0.576. The van der Waals surface area contributed by atoms with E-state index in [-0.39, 0.29) is 4.90 Å². The first-order valence-corrected chi connectivity index (χ1v) is 11.7. The van der Waals surface area contributed by atoms with Gasteiger partial charge in [0.1, 0.15) is 4.90 Å². The van der Waals surface area contributed by atoms with Crippen LogP contribution >= 0.6 is 0 Å².